The summed E-state index contributed by atoms with van der Waals surface area (Å²) in [5, 5.41) is 57.1. The average molecular weight is 264 g/mol. The molecule has 7 heteroatoms. The first-order valence-electron chi connectivity index (χ1n) is 5.15. The van der Waals surface area contributed by atoms with Gasteiger partial charge in [0.05, 0.1) is 10.8 Å². The van der Waals surface area contributed by atoms with Crippen LogP contribution in [0.1, 0.15) is 0 Å². The van der Waals surface area contributed by atoms with Gasteiger partial charge in [-0.05, 0) is 0 Å². The van der Waals surface area contributed by atoms with Crippen LogP contribution in [0, 0.1) is 0 Å². The van der Waals surface area contributed by atoms with Gasteiger partial charge in [-0.25, -0.2) is 0 Å². The molecule has 7 nitrogen and oxygen atoms in total. The second-order valence-corrected chi connectivity index (χ2v) is 4.03. The predicted molar refractivity (Wildman–Crippen MR) is 63.7 cm³/mol. The molecule has 0 aliphatic carbocycles. The van der Waals surface area contributed by atoms with Gasteiger partial charge in [0.2, 0.25) is 11.5 Å². The topological polar surface area (TPSA) is 135 Å². The minimum absolute atomic E-state index is 0.0249. The van der Waals surface area contributed by atoms with Crippen molar-refractivity contribution in [1.82, 2.24) is 0 Å². The van der Waals surface area contributed by atoms with Crippen LogP contribution in [0.3, 0.4) is 0 Å². The number of furan rings is 1. The molecule has 3 rings (SSSR count). The molecule has 0 amide bonds. The number of hydrogen-bond donors (Lipinski definition) is 6. The third-order valence-electron chi connectivity index (χ3n) is 2.91. The van der Waals surface area contributed by atoms with Crippen LogP contribution >= 0.6 is 0 Å². The first kappa shape index (κ1) is 11.1. The number of fused-ring (bicyclic) bond motifs is 3. The van der Waals surface area contributed by atoms with Gasteiger partial charge in [-0.2, -0.15) is 0 Å². The van der Waals surface area contributed by atoms with E-state index in [1.807, 2.05) is 0 Å². The highest BCUT2D eigenvalue weighted by Crippen LogP contribution is 2.51. The summed E-state index contributed by atoms with van der Waals surface area (Å²) in [6.45, 7) is 0. The highest BCUT2D eigenvalue weighted by molar-refractivity contribution is 6.13. The Kier molecular flexibility index (Phi) is 1.93. The van der Waals surface area contributed by atoms with Crippen LogP contribution in [0.5, 0.6) is 34.5 Å². The Bertz CT molecular complexity index is 763. The molecule has 3 aromatic rings. The quantitative estimate of drug-likeness (QED) is 0.341. The maximum absolute atomic E-state index is 9.79. The third kappa shape index (κ3) is 1.26. The van der Waals surface area contributed by atoms with Crippen molar-refractivity contribution >= 4 is 21.9 Å². The van der Waals surface area contributed by atoms with E-state index < -0.39 is 34.5 Å². The molecular weight excluding hydrogens is 256 g/mol. The fraction of sp³-hybridized carbons (Fsp3) is 0. The normalized spacial score (nSPS) is 11.4. The van der Waals surface area contributed by atoms with E-state index >= 15 is 0 Å². The van der Waals surface area contributed by atoms with Crippen LogP contribution in [-0.2, 0) is 0 Å². The number of benzene rings is 2. The summed E-state index contributed by atoms with van der Waals surface area (Å²) in [5.41, 5.74) is -0.0498. The van der Waals surface area contributed by atoms with Crippen molar-refractivity contribution in [2.75, 3.05) is 0 Å². The van der Waals surface area contributed by atoms with Crippen molar-refractivity contribution in [3.8, 4) is 34.5 Å². The lowest BCUT2D eigenvalue weighted by atomic mass is 10.1. The molecular formula is C12H8O7. The van der Waals surface area contributed by atoms with E-state index in [0.29, 0.717) is 0 Å². The summed E-state index contributed by atoms with van der Waals surface area (Å²) in [5.74, 6) is -4.15. The van der Waals surface area contributed by atoms with Gasteiger partial charge in [-0.1, -0.05) is 0 Å². The fourth-order valence-corrected chi connectivity index (χ4v) is 2.00. The monoisotopic (exact) mass is 264 g/mol. The van der Waals surface area contributed by atoms with E-state index in [1.54, 1.807) is 0 Å². The molecule has 0 spiro atoms. The highest BCUT2D eigenvalue weighted by Gasteiger charge is 2.23. The molecule has 0 atom stereocenters. The molecule has 1 heterocycles. The molecule has 0 saturated heterocycles. The predicted octanol–water partition coefficient (Wildman–Crippen LogP) is 1.82. The molecule has 98 valence electrons. The van der Waals surface area contributed by atoms with Gasteiger partial charge < -0.3 is 35.1 Å². The Morgan fingerprint density at radius 3 is 1.32 bits per heavy atom. The number of aromatic hydroxyl groups is 6. The summed E-state index contributed by atoms with van der Waals surface area (Å²) in [6.07, 6.45) is 0. The Morgan fingerprint density at radius 1 is 0.579 bits per heavy atom. The minimum atomic E-state index is -0.776. The molecule has 0 aliphatic rings. The molecule has 0 fully saturated rings. The van der Waals surface area contributed by atoms with E-state index in [1.165, 1.54) is 0 Å². The van der Waals surface area contributed by atoms with Crippen molar-refractivity contribution in [1.29, 1.82) is 0 Å². The van der Waals surface area contributed by atoms with Crippen LogP contribution in [0.15, 0.2) is 16.5 Å². The van der Waals surface area contributed by atoms with Gasteiger partial charge in [0.25, 0.3) is 0 Å². The van der Waals surface area contributed by atoms with Crippen molar-refractivity contribution in [3.63, 3.8) is 0 Å². The summed E-state index contributed by atoms with van der Waals surface area (Å²) in [6, 6.07) is 2.08. The Balaban J connectivity index is 2.64. The van der Waals surface area contributed by atoms with E-state index in [0.717, 1.165) is 12.1 Å². The molecule has 1 aromatic heterocycles. The van der Waals surface area contributed by atoms with Crippen LogP contribution in [0.2, 0.25) is 0 Å². The summed E-state index contributed by atoms with van der Waals surface area (Å²) >= 11 is 0. The molecule has 19 heavy (non-hydrogen) atoms. The fourth-order valence-electron chi connectivity index (χ4n) is 2.00. The van der Waals surface area contributed by atoms with Crippen molar-refractivity contribution < 1.29 is 35.1 Å². The van der Waals surface area contributed by atoms with E-state index in [4.69, 9.17) is 4.42 Å². The zero-order chi connectivity index (χ0) is 13.9. The van der Waals surface area contributed by atoms with E-state index in [-0.39, 0.29) is 21.9 Å². The van der Waals surface area contributed by atoms with Gasteiger partial charge in [0.1, 0.15) is 11.2 Å². The summed E-state index contributed by atoms with van der Waals surface area (Å²) in [4.78, 5) is 0. The number of phenolic OH excluding ortho intramolecular Hbond substituents is 6. The van der Waals surface area contributed by atoms with E-state index in [2.05, 4.69) is 0 Å². The second kappa shape index (κ2) is 3.29. The highest BCUT2D eigenvalue weighted by atomic mass is 16.4. The van der Waals surface area contributed by atoms with Gasteiger partial charge in [0.15, 0.2) is 23.0 Å². The van der Waals surface area contributed by atoms with E-state index in [9.17, 15) is 30.6 Å². The van der Waals surface area contributed by atoms with Crippen molar-refractivity contribution in [3.05, 3.63) is 12.1 Å². The maximum atomic E-state index is 9.79. The van der Waals surface area contributed by atoms with Gasteiger partial charge in [-0.15, -0.1) is 0 Å². The SMILES string of the molecule is Oc1cc2oc3cc(O)c(O)c(O)c3c2c(O)c1O. The van der Waals surface area contributed by atoms with Crippen molar-refractivity contribution in [2.45, 2.75) is 0 Å². The lowest BCUT2D eigenvalue weighted by Gasteiger charge is -2.03. The van der Waals surface area contributed by atoms with Gasteiger partial charge in [0, 0.05) is 12.1 Å². The first-order valence-corrected chi connectivity index (χ1v) is 5.15. The van der Waals surface area contributed by atoms with Gasteiger partial charge >= 0.3 is 0 Å². The lowest BCUT2D eigenvalue weighted by molar-refractivity contribution is 0.369. The van der Waals surface area contributed by atoms with Crippen LogP contribution in [0.25, 0.3) is 21.9 Å². The standard InChI is InChI=1S/C12H8O7/c13-3-1-5-7(11(17)9(3)15)8-6(19-5)2-4(14)10(16)12(8)18/h1-2,13-18H. The number of rotatable bonds is 0. The first-order chi connectivity index (χ1) is 8.91. The molecule has 0 aliphatic heterocycles. The number of hydrogen-bond acceptors (Lipinski definition) is 7. The van der Waals surface area contributed by atoms with Crippen molar-refractivity contribution in [2.24, 2.45) is 0 Å². The van der Waals surface area contributed by atoms with Crippen LogP contribution in [0.4, 0.5) is 0 Å². The number of phenols is 6. The molecule has 6 N–H and O–H groups in total. The Hall–Kier alpha value is -2.96. The third-order valence-corrected chi connectivity index (χ3v) is 2.91. The van der Waals surface area contributed by atoms with Crippen LogP contribution in [-0.4, -0.2) is 30.6 Å². The minimum Gasteiger partial charge on any atom is -0.504 e. The summed E-state index contributed by atoms with van der Waals surface area (Å²) < 4.78 is 5.22. The zero-order valence-corrected chi connectivity index (χ0v) is 9.25. The average Bonchev–Trinajstić information content (AvgIpc) is 2.71. The smallest absolute Gasteiger partial charge is 0.201 e. The molecule has 0 bridgehead atoms. The lowest BCUT2D eigenvalue weighted by Crippen LogP contribution is -1.76. The maximum Gasteiger partial charge on any atom is 0.201 e. The van der Waals surface area contributed by atoms with Gasteiger partial charge in [-0.3, -0.25) is 0 Å². The Labute approximate surface area is 104 Å². The molecule has 0 radical (unpaired) electrons. The van der Waals surface area contributed by atoms with Crippen LogP contribution < -0.4 is 0 Å². The largest absolute Gasteiger partial charge is 0.504 e. The molecule has 2 aromatic carbocycles. The molecule has 0 unspecified atom stereocenters. The molecule has 0 saturated carbocycles. The summed E-state index contributed by atoms with van der Waals surface area (Å²) in [7, 11) is 0. The second-order valence-electron chi connectivity index (χ2n) is 4.03. The zero-order valence-electron chi connectivity index (χ0n) is 9.25. The Morgan fingerprint density at radius 2 is 0.947 bits per heavy atom.